The summed E-state index contributed by atoms with van der Waals surface area (Å²) in [5.74, 6) is 2.38. The largest absolute Gasteiger partial charge is 0.497 e. The molecule has 0 saturated carbocycles. The third kappa shape index (κ3) is 3.91. The standard InChI is InChI=1S/C18H20N4O2/c1-23-16-8-15(9-17(11-16)24-2)13-19-12-14-4-6-20-18(10-14)22-7-3-5-21-22/h3-11,19H,12-13H2,1-2H3. The quantitative estimate of drug-likeness (QED) is 0.724. The van der Waals surface area contributed by atoms with Gasteiger partial charge in [0.25, 0.3) is 0 Å². The van der Waals surface area contributed by atoms with Gasteiger partial charge in [-0.1, -0.05) is 0 Å². The van der Waals surface area contributed by atoms with E-state index >= 15 is 0 Å². The zero-order valence-electron chi connectivity index (χ0n) is 13.8. The van der Waals surface area contributed by atoms with Gasteiger partial charge in [0.2, 0.25) is 0 Å². The third-order valence-corrected chi connectivity index (χ3v) is 3.62. The number of benzene rings is 1. The summed E-state index contributed by atoms with van der Waals surface area (Å²) >= 11 is 0. The highest BCUT2D eigenvalue weighted by Gasteiger charge is 2.03. The van der Waals surface area contributed by atoms with E-state index in [1.165, 1.54) is 0 Å². The summed E-state index contributed by atoms with van der Waals surface area (Å²) in [6.45, 7) is 1.45. The van der Waals surface area contributed by atoms with E-state index in [9.17, 15) is 0 Å². The summed E-state index contributed by atoms with van der Waals surface area (Å²) in [6, 6.07) is 11.7. The number of hydrogen-bond donors (Lipinski definition) is 1. The maximum absolute atomic E-state index is 5.29. The summed E-state index contributed by atoms with van der Waals surface area (Å²) in [4.78, 5) is 4.33. The SMILES string of the molecule is COc1cc(CNCc2ccnc(-n3cccn3)c2)cc(OC)c1. The van der Waals surface area contributed by atoms with Crippen LogP contribution in [-0.2, 0) is 13.1 Å². The highest BCUT2D eigenvalue weighted by molar-refractivity contribution is 5.38. The molecule has 24 heavy (non-hydrogen) atoms. The van der Waals surface area contributed by atoms with E-state index in [-0.39, 0.29) is 0 Å². The predicted molar refractivity (Wildman–Crippen MR) is 91.4 cm³/mol. The van der Waals surface area contributed by atoms with Gasteiger partial charge in [-0.15, -0.1) is 0 Å². The molecule has 6 heteroatoms. The van der Waals surface area contributed by atoms with Crippen LogP contribution in [0.2, 0.25) is 0 Å². The van der Waals surface area contributed by atoms with Crippen LogP contribution in [0.4, 0.5) is 0 Å². The van der Waals surface area contributed by atoms with Crippen molar-refractivity contribution >= 4 is 0 Å². The summed E-state index contributed by atoms with van der Waals surface area (Å²) in [5.41, 5.74) is 2.25. The first-order valence-corrected chi connectivity index (χ1v) is 7.66. The van der Waals surface area contributed by atoms with Crippen molar-refractivity contribution in [3.63, 3.8) is 0 Å². The van der Waals surface area contributed by atoms with Crippen LogP contribution in [0.1, 0.15) is 11.1 Å². The number of rotatable bonds is 7. The van der Waals surface area contributed by atoms with E-state index in [1.54, 1.807) is 31.3 Å². The van der Waals surface area contributed by atoms with E-state index in [1.807, 2.05) is 42.6 Å². The number of methoxy groups -OCH3 is 2. The van der Waals surface area contributed by atoms with Crippen molar-refractivity contribution in [3.05, 3.63) is 66.1 Å². The fourth-order valence-electron chi connectivity index (χ4n) is 2.42. The Labute approximate surface area is 141 Å². The minimum atomic E-state index is 0.715. The fraction of sp³-hybridized carbons (Fsp3) is 0.222. The molecule has 0 atom stereocenters. The molecule has 2 heterocycles. The molecule has 0 fully saturated rings. The predicted octanol–water partition coefficient (Wildman–Crippen LogP) is 2.57. The van der Waals surface area contributed by atoms with Crippen LogP contribution in [0.3, 0.4) is 0 Å². The first-order chi connectivity index (χ1) is 11.8. The van der Waals surface area contributed by atoms with Gasteiger partial charge in [0.05, 0.1) is 14.2 Å². The van der Waals surface area contributed by atoms with Gasteiger partial charge in [-0.3, -0.25) is 0 Å². The first kappa shape index (κ1) is 16.0. The summed E-state index contributed by atoms with van der Waals surface area (Å²) < 4.78 is 12.3. The number of nitrogens with one attached hydrogen (secondary N) is 1. The Bertz CT molecular complexity index is 765. The van der Waals surface area contributed by atoms with Gasteiger partial charge in [-0.25, -0.2) is 9.67 Å². The van der Waals surface area contributed by atoms with Crippen molar-refractivity contribution < 1.29 is 9.47 Å². The lowest BCUT2D eigenvalue weighted by Crippen LogP contribution is -2.13. The first-order valence-electron chi connectivity index (χ1n) is 7.66. The van der Waals surface area contributed by atoms with Gasteiger partial charge in [0.15, 0.2) is 5.82 Å². The smallest absolute Gasteiger partial charge is 0.153 e. The van der Waals surface area contributed by atoms with Crippen molar-refractivity contribution in [1.29, 1.82) is 0 Å². The molecule has 2 aromatic heterocycles. The van der Waals surface area contributed by atoms with Crippen LogP contribution in [0.5, 0.6) is 11.5 Å². The lowest BCUT2D eigenvalue weighted by molar-refractivity contribution is 0.393. The molecule has 1 aromatic carbocycles. The third-order valence-electron chi connectivity index (χ3n) is 3.62. The average Bonchev–Trinajstić information content (AvgIpc) is 3.16. The van der Waals surface area contributed by atoms with Crippen LogP contribution in [0.25, 0.3) is 5.82 Å². The monoisotopic (exact) mass is 324 g/mol. The second-order valence-corrected chi connectivity index (χ2v) is 5.30. The normalized spacial score (nSPS) is 10.6. The van der Waals surface area contributed by atoms with Crippen molar-refractivity contribution in [3.8, 4) is 17.3 Å². The van der Waals surface area contributed by atoms with Crippen LogP contribution in [0, 0.1) is 0 Å². The molecule has 0 aliphatic heterocycles. The highest BCUT2D eigenvalue weighted by atomic mass is 16.5. The van der Waals surface area contributed by atoms with Crippen molar-refractivity contribution in [1.82, 2.24) is 20.1 Å². The molecule has 0 aliphatic rings. The lowest BCUT2D eigenvalue weighted by Gasteiger charge is -2.10. The number of ether oxygens (including phenoxy) is 2. The topological polar surface area (TPSA) is 61.2 Å². The Morgan fingerprint density at radius 1 is 0.958 bits per heavy atom. The molecule has 0 spiro atoms. The van der Waals surface area contributed by atoms with Crippen LogP contribution in [-0.4, -0.2) is 29.0 Å². The molecule has 0 amide bonds. The van der Waals surface area contributed by atoms with E-state index in [0.717, 1.165) is 35.0 Å². The molecule has 0 aliphatic carbocycles. The van der Waals surface area contributed by atoms with E-state index < -0.39 is 0 Å². The number of nitrogens with zero attached hydrogens (tertiary/aromatic N) is 3. The number of hydrogen-bond acceptors (Lipinski definition) is 5. The maximum atomic E-state index is 5.29. The van der Waals surface area contributed by atoms with Crippen LogP contribution < -0.4 is 14.8 Å². The second-order valence-electron chi connectivity index (χ2n) is 5.30. The molecular weight excluding hydrogens is 304 g/mol. The van der Waals surface area contributed by atoms with Crippen LogP contribution in [0.15, 0.2) is 55.0 Å². The lowest BCUT2D eigenvalue weighted by atomic mass is 10.2. The summed E-state index contributed by atoms with van der Waals surface area (Å²) in [5, 5.41) is 7.62. The van der Waals surface area contributed by atoms with Gasteiger partial charge >= 0.3 is 0 Å². The Morgan fingerprint density at radius 3 is 2.38 bits per heavy atom. The van der Waals surface area contributed by atoms with Crippen molar-refractivity contribution in [2.24, 2.45) is 0 Å². The summed E-state index contributed by atoms with van der Waals surface area (Å²) in [6.07, 6.45) is 5.41. The minimum Gasteiger partial charge on any atom is -0.497 e. The number of aromatic nitrogens is 3. The molecule has 3 rings (SSSR count). The fourth-order valence-corrected chi connectivity index (χ4v) is 2.42. The Balaban J connectivity index is 1.63. The molecule has 0 saturated heterocycles. The molecule has 124 valence electrons. The minimum absolute atomic E-state index is 0.715. The van der Waals surface area contributed by atoms with Gasteiger partial charge in [0, 0.05) is 37.7 Å². The van der Waals surface area contributed by atoms with Gasteiger partial charge in [0.1, 0.15) is 11.5 Å². The van der Waals surface area contributed by atoms with E-state index in [2.05, 4.69) is 15.4 Å². The number of pyridine rings is 1. The van der Waals surface area contributed by atoms with Crippen molar-refractivity contribution in [2.75, 3.05) is 14.2 Å². The zero-order chi connectivity index (χ0) is 16.8. The van der Waals surface area contributed by atoms with Gasteiger partial charge < -0.3 is 14.8 Å². The molecular formula is C18H20N4O2. The van der Waals surface area contributed by atoms with Gasteiger partial charge in [-0.2, -0.15) is 5.10 Å². The second kappa shape index (κ2) is 7.61. The molecule has 0 unspecified atom stereocenters. The molecule has 6 nitrogen and oxygen atoms in total. The van der Waals surface area contributed by atoms with E-state index in [4.69, 9.17) is 9.47 Å². The molecule has 0 bridgehead atoms. The maximum Gasteiger partial charge on any atom is 0.153 e. The Hall–Kier alpha value is -2.86. The molecule has 3 aromatic rings. The highest BCUT2D eigenvalue weighted by Crippen LogP contribution is 2.22. The van der Waals surface area contributed by atoms with E-state index in [0.29, 0.717) is 6.54 Å². The Kier molecular flexibility index (Phi) is 5.08. The summed E-state index contributed by atoms with van der Waals surface area (Å²) in [7, 11) is 3.31. The molecule has 1 N–H and O–H groups in total. The molecule has 0 radical (unpaired) electrons. The van der Waals surface area contributed by atoms with Crippen molar-refractivity contribution in [2.45, 2.75) is 13.1 Å². The van der Waals surface area contributed by atoms with Crippen LogP contribution >= 0.6 is 0 Å². The Morgan fingerprint density at radius 2 is 1.71 bits per heavy atom. The van der Waals surface area contributed by atoms with Gasteiger partial charge in [-0.05, 0) is 41.5 Å². The average molecular weight is 324 g/mol. The zero-order valence-corrected chi connectivity index (χ0v) is 13.8.